The van der Waals surface area contributed by atoms with E-state index < -0.39 is 0 Å². The average Bonchev–Trinajstić information content (AvgIpc) is 2.71. The summed E-state index contributed by atoms with van der Waals surface area (Å²) in [6.45, 7) is 4.85. The minimum Gasteiger partial charge on any atom is -0.320 e. The Balaban J connectivity index is 1.73. The molecular weight excluding hydrogens is 204 g/mol. The van der Waals surface area contributed by atoms with Gasteiger partial charge in [0.15, 0.2) is 0 Å². The van der Waals surface area contributed by atoms with Crippen LogP contribution in [0.15, 0.2) is 11.4 Å². The second-order valence-electron chi connectivity index (χ2n) is 4.21. The zero-order chi connectivity index (χ0) is 10.5. The summed E-state index contributed by atoms with van der Waals surface area (Å²) in [5.41, 5.74) is 1.57. The highest BCUT2D eigenvalue weighted by Gasteiger charge is 2.15. The van der Waals surface area contributed by atoms with E-state index in [-0.39, 0.29) is 0 Å². The molecule has 2 nitrogen and oxygen atoms in total. The van der Waals surface area contributed by atoms with E-state index in [1.54, 1.807) is 10.4 Å². The lowest BCUT2D eigenvalue weighted by molar-refractivity contribution is 0.251. The van der Waals surface area contributed by atoms with Gasteiger partial charge in [-0.3, -0.25) is 4.90 Å². The minimum absolute atomic E-state index is 1.15. The van der Waals surface area contributed by atoms with Gasteiger partial charge in [0.1, 0.15) is 0 Å². The summed E-state index contributed by atoms with van der Waals surface area (Å²) < 4.78 is 0. The largest absolute Gasteiger partial charge is 0.320 e. The van der Waals surface area contributed by atoms with Crippen molar-refractivity contribution in [2.75, 3.05) is 26.7 Å². The predicted molar refractivity (Wildman–Crippen MR) is 66.5 cm³/mol. The highest BCUT2D eigenvalue weighted by molar-refractivity contribution is 7.10. The monoisotopic (exact) mass is 224 g/mol. The molecule has 0 spiro atoms. The molecule has 1 aliphatic rings. The average molecular weight is 224 g/mol. The fourth-order valence-electron chi connectivity index (χ4n) is 2.13. The normalized spacial score (nSPS) is 16.6. The van der Waals surface area contributed by atoms with Crippen molar-refractivity contribution in [3.05, 3.63) is 21.9 Å². The van der Waals surface area contributed by atoms with Gasteiger partial charge in [0.25, 0.3) is 0 Å². The van der Waals surface area contributed by atoms with Gasteiger partial charge in [-0.15, -0.1) is 11.3 Å². The summed E-state index contributed by atoms with van der Waals surface area (Å²) in [5, 5.41) is 5.43. The third-order valence-corrected chi connectivity index (χ3v) is 4.06. The number of fused-ring (bicyclic) bond motifs is 1. The Kier molecular flexibility index (Phi) is 4.18. The van der Waals surface area contributed by atoms with Crippen molar-refractivity contribution in [2.45, 2.75) is 25.8 Å². The summed E-state index contributed by atoms with van der Waals surface area (Å²) in [5.74, 6) is 0. The molecule has 3 heteroatoms. The fourth-order valence-corrected chi connectivity index (χ4v) is 3.02. The van der Waals surface area contributed by atoms with E-state index in [0.29, 0.717) is 0 Å². The molecule has 0 saturated heterocycles. The van der Waals surface area contributed by atoms with Gasteiger partial charge >= 0.3 is 0 Å². The van der Waals surface area contributed by atoms with Gasteiger partial charge in [0.2, 0.25) is 0 Å². The molecule has 0 radical (unpaired) electrons. The number of thiophene rings is 1. The lowest BCUT2D eigenvalue weighted by atomic mass is 10.1. The molecule has 2 rings (SSSR count). The molecule has 15 heavy (non-hydrogen) atoms. The van der Waals surface area contributed by atoms with Crippen LogP contribution in [0.4, 0.5) is 0 Å². The van der Waals surface area contributed by atoms with Crippen LogP contribution in [0.25, 0.3) is 0 Å². The Morgan fingerprint density at radius 3 is 3.27 bits per heavy atom. The molecule has 1 aromatic rings. The van der Waals surface area contributed by atoms with Crippen LogP contribution in [0.5, 0.6) is 0 Å². The lowest BCUT2D eigenvalue weighted by Crippen LogP contribution is -2.30. The molecule has 2 heterocycles. The van der Waals surface area contributed by atoms with Crippen molar-refractivity contribution >= 4 is 11.3 Å². The van der Waals surface area contributed by atoms with Gasteiger partial charge in [-0.2, -0.15) is 0 Å². The van der Waals surface area contributed by atoms with Crippen molar-refractivity contribution in [3.63, 3.8) is 0 Å². The van der Waals surface area contributed by atoms with Gasteiger partial charge in [-0.25, -0.2) is 0 Å². The lowest BCUT2D eigenvalue weighted by Gasteiger charge is -2.26. The third kappa shape index (κ3) is 3.03. The summed E-state index contributed by atoms with van der Waals surface area (Å²) in [6.07, 6.45) is 3.88. The Morgan fingerprint density at radius 2 is 2.40 bits per heavy atom. The van der Waals surface area contributed by atoms with Crippen LogP contribution < -0.4 is 5.32 Å². The Hall–Kier alpha value is -0.380. The molecule has 0 fully saturated rings. The molecule has 0 amide bonds. The van der Waals surface area contributed by atoms with Crippen molar-refractivity contribution in [1.29, 1.82) is 0 Å². The molecule has 0 atom stereocenters. The van der Waals surface area contributed by atoms with Crippen molar-refractivity contribution < 1.29 is 0 Å². The van der Waals surface area contributed by atoms with E-state index in [1.807, 2.05) is 18.4 Å². The maximum absolute atomic E-state index is 3.20. The summed E-state index contributed by atoms with van der Waals surface area (Å²) in [7, 11) is 2.03. The quantitative estimate of drug-likeness (QED) is 0.771. The molecule has 0 unspecified atom stereocenters. The molecular formula is C12H20N2S. The van der Waals surface area contributed by atoms with Crippen LogP contribution in [0.3, 0.4) is 0 Å². The second kappa shape index (κ2) is 5.64. The maximum Gasteiger partial charge on any atom is 0.0244 e. The molecule has 1 aromatic heterocycles. The smallest absolute Gasteiger partial charge is 0.0244 e. The highest BCUT2D eigenvalue weighted by atomic mass is 32.1. The minimum atomic E-state index is 1.15. The molecule has 0 bridgehead atoms. The Morgan fingerprint density at radius 1 is 1.47 bits per heavy atom. The summed E-state index contributed by atoms with van der Waals surface area (Å²) in [6, 6.07) is 2.29. The number of unbranched alkanes of at least 4 members (excludes halogenated alkanes) is 1. The fraction of sp³-hybridized carbons (Fsp3) is 0.667. The van der Waals surface area contributed by atoms with Gasteiger partial charge in [-0.1, -0.05) is 0 Å². The molecule has 0 saturated carbocycles. The number of hydrogen-bond acceptors (Lipinski definition) is 3. The number of nitrogens with zero attached hydrogens (tertiary/aromatic N) is 1. The standard InChI is InChI=1S/C12H20N2S/c1-13-6-2-3-7-14-8-4-12-11(10-14)5-9-15-12/h5,9,13H,2-4,6-8,10H2,1H3. The maximum atomic E-state index is 3.20. The van der Waals surface area contributed by atoms with Crippen molar-refractivity contribution in [3.8, 4) is 0 Å². The zero-order valence-electron chi connectivity index (χ0n) is 9.46. The van der Waals surface area contributed by atoms with Gasteiger partial charge in [0, 0.05) is 18.0 Å². The van der Waals surface area contributed by atoms with E-state index >= 15 is 0 Å². The second-order valence-corrected chi connectivity index (χ2v) is 5.21. The first-order chi connectivity index (χ1) is 7.40. The first-order valence-electron chi connectivity index (χ1n) is 5.82. The molecule has 1 N–H and O–H groups in total. The topological polar surface area (TPSA) is 15.3 Å². The SMILES string of the molecule is CNCCCCN1CCc2sccc2C1. The van der Waals surface area contributed by atoms with Gasteiger partial charge in [-0.05, 0) is 56.4 Å². The predicted octanol–water partition coefficient (Wildman–Crippen LogP) is 2.11. The van der Waals surface area contributed by atoms with E-state index in [1.165, 1.54) is 38.9 Å². The van der Waals surface area contributed by atoms with Gasteiger partial charge < -0.3 is 5.32 Å². The number of hydrogen-bond donors (Lipinski definition) is 1. The molecule has 0 aromatic carbocycles. The van der Waals surface area contributed by atoms with Crippen LogP contribution in [-0.2, 0) is 13.0 Å². The molecule has 84 valence electrons. The molecule has 1 aliphatic heterocycles. The highest BCUT2D eigenvalue weighted by Crippen LogP contribution is 2.23. The van der Waals surface area contributed by atoms with Crippen LogP contribution in [-0.4, -0.2) is 31.6 Å². The summed E-state index contributed by atoms with van der Waals surface area (Å²) >= 11 is 1.92. The van der Waals surface area contributed by atoms with Crippen molar-refractivity contribution in [2.24, 2.45) is 0 Å². The number of nitrogens with one attached hydrogen (secondary N) is 1. The summed E-state index contributed by atoms with van der Waals surface area (Å²) in [4.78, 5) is 4.20. The van der Waals surface area contributed by atoms with Crippen LogP contribution >= 0.6 is 11.3 Å². The first kappa shape index (κ1) is 11.1. The molecule has 0 aliphatic carbocycles. The third-order valence-electron chi connectivity index (χ3n) is 3.04. The van der Waals surface area contributed by atoms with E-state index in [2.05, 4.69) is 21.7 Å². The van der Waals surface area contributed by atoms with E-state index in [9.17, 15) is 0 Å². The number of rotatable bonds is 5. The zero-order valence-corrected chi connectivity index (χ0v) is 10.3. The van der Waals surface area contributed by atoms with E-state index in [0.717, 1.165) is 6.54 Å². The van der Waals surface area contributed by atoms with Crippen LogP contribution in [0.1, 0.15) is 23.3 Å². The Bertz CT molecular complexity index is 296. The van der Waals surface area contributed by atoms with Gasteiger partial charge in [0.05, 0.1) is 0 Å². The first-order valence-corrected chi connectivity index (χ1v) is 6.70. The Labute approximate surface area is 96.3 Å². The van der Waals surface area contributed by atoms with Crippen LogP contribution in [0, 0.1) is 0 Å². The van der Waals surface area contributed by atoms with Crippen molar-refractivity contribution in [1.82, 2.24) is 10.2 Å². The van der Waals surface area contributed by atoms with Crippen LogP contribution in [0.2, 0.25) is 0 Å². The van der Waals surface area contributed by atoms with E-state index in [4.69, 9.17) is 0 Å².